The molecule has 1 amide bonds. The number of hydrogen-bond acceptors (Lipinski definition) is 10. The van der Waals surface area contributed by atoms with Gasteiger partial charge in [-0.25, -0.2) is 24.7 Å². The van der Waals surface area contributed by atoms with Crippen LogP contribution in [0.1, 0.15) is 42.9 Å². The van der Waals surface area contributed by atoms with Gasteiger partial charge in [0.2, 0.25) is 17.6 Å². The highest BCUT2D eigenvalue weighted by molar-refractivity contribution is 5.92. The molecule has 224 valence electrons. The molecule has 1 unspecified atom stereocenters. The van der Waals surface area contributed by atoms with E-state index in [-0.39, 0.29) is 41.5 Å². The molecule has 5 rings (SSSR count). The first-order chi connectivity index (χ1) is 20.4. The summed E-state index contributed by atoms with van der Waals surface area (Å²) in [7, 11) is 1.53. The van der Waals surface area contributed by atoms with Crippen LogP contribution in [-0.2, 0) is 31.0 Å². The van der Waals surface area contributed by atoms with Crippen LogP contribution in [0, 0.1) is 18.8 Å². The number of carbonyl (C=O) groups is 1. The van der Waals surface area contributed by atoms with Crippen LogP contribution in [0.3, 0.4) is 0 Å². The molecular formula is C27H26F3N9O4. The largest absolute Gasteiger partial charge is 0.451 e. The lowest BCUT2D eigenvalue weighted by molar-refractivity contribution is -0.145. The number of nitrogens with zero attached hydrogens (tertiary/aromatic N) is 8. The maximum Gasteiger partial charge on any atom is 0.451 e. The fourth-order valence-electron chi connectivity index (χ4n) is 4.72. The number of pyridine rings is 1. The minimum absolute atomic E-state index is 0.138. The first-order valence-electron chi connectivity index (χ1n) is 13.2. The quantitative estimate of drug-likeness (QED) is 0.337. The molecule has 16 heteroatoms. The van der Waals surface area contributed by atoms with Crippen LogP contribution in [0.5, 0.6) is 0 Å². The number of anilines is 1. The normalized spacial score (nSPS) is 15.5. The molecule has 1 aliphatic heterocycles. The Hall–Kier alpha value is -5.02. The summed E-state index contributed by atoms with van der Waals surface area (Å²) >= 11 is 0. The minimum Gasteiger partial charge on any atom is -0.337 e. The summed E-state index contributed by atoms with van der Waals surface area (Å²) in [5.41, 5.74) is -0.129. The number of aromatic nitrogens is 7. The van der Waals surface area contributed by atoms with Gasteiger partial charge in [-0.15, -0.1) is 0 Å². The van der Waals surface area contributed by atoms with Crippen molar-refractivity contribution in [2.24, 2.45) is 23.9 Å². The second-order valence-electron chi connectivity index (χ2n) is 10.2. The summed E-state index contributed by atoms with van der Waals surface area (Å²) in [6.45, 7) is 3.21. The topological polar surface area (TPSA) is 163 Å². The summed E-state index contributed by atoms with van der Waals surface area (Å²) in [5.74, 6) is -1.24. The number of rotatable bonds is 7. The van der Waals surface area contributed by atoms with Crippen molar-refractivity contribution in [2.75, 3.05) is 5.32 Å². The van der Waals surface area contributed by atoms with Crippen molar-refractivity contribution >= 4 is 23.8 Å². The SMILES string of the molecule is Cc1noc(Cn2c(=O)c3c(n(C)c2=O)N=CC(C[C@@H](C)C(=O)Nc2cccc(-c4cnc(C(F)(F)F)nc4)n2)CC3)n1. The number of aryl methyl sites for hydroxylation is 1. The molecule has 43 heavy (non-hydrogen) atoms. The van der Waals surface area contributed by atoms with Crippen LogP contribution >= 0.6 is 0 Å². The first kappa shape index (κ1) is 29.5. The molecule has 5 heterocycles. The Morgan fingerprint density at radius 2 is 1.93 bits per heavy atom. The molecule has 1 N–H and O–H groups in total. The average molecular weight is 598 g/mol. The molecule has 4 aromatic rings. The zero-order valence-corrected chi connectivity index (χ0v) is 23.3. The number of halogens is 3. The van der Waals surface area contributed by atoms with Crippen LogP contribution in [0.4, 0.5) is 24.8 Å². The maximum absolute atomic E-state index is 13.2. The number of aliphatic imine (C=N–C) groups is 1. The number of nitrogens with one attached hydrogen (secondary N) is 1. The van der Waals surface area contributed by atoms with Crippen LogP contribution in [0.15, 0.2) is 49.7 Å². The molecule has 0 aliphatic carbocycles. The third-order valence-electron chi connectivity index (χ3n) is 6.95. The zero-order chi connectivity index (χ0) is 30.9. The van der Waals surface area contributed by atoms with Gasteiger partial charge in [0.15, 0.2) is 5.82 Å². The molecule has 0 aromatic carbocycles. The summed E-state index contributed by atoms with van der Waals surface area (Å²) in [6, 6.07) is 4.73. The standard InChI is InChI=1S/C27H26F3N9O4/c1-14(23(40)36-20-6-4-5-19(35-20)17-11-32-25(33-12-17)27(28,29)30)9-16-7-8-18-22(31-10-16)38(3)26(42)39(24(18)41)13-21-34-15(2)37-43-21/h4-6,10-12,14,16H,7-9,13H2,1-3H3,(H,35,36,40)/t14-,16?/m1/s1. The molecule has 0 spiro atoms. The predicted molar refractivity (Wildman–Crippen MR) is 147 cm³/mol. The average Bonchev–Trinajstić information content (AvgIpc) is 3.27. The number of amides is 1. The lowest BCUT2D eigenvalue weighted by atomic mass is 9.91. The van der Waals surface area contributed by atoms with Crippen molar-refractivity contribution in [1.29, 1.82) is 0 Å². The third kappa shape index (κ3) is 6.42. The second-order valence-corrected chi connectivity index (χ2v) is 10.2. The summed E-state index contributed by atoms with van der Waals surface area (Å²) in [4.78, 5) is 58.7. The molecule has 2 atom stereocenters. The monoisotopic (exact) mass is 597 g/mol. The van der Waals surface area contributed by atoms with Gasteiger partial charge in [0.1, 0.15) is 18.2 Å². The van der Waals surface area contributed by atoms with Crippen LogP contribution < -0.4 is 16.6 Å². The number of alkyl halides is 3. The summed E-state index contributed by atoms with van der Waals surface area (Å²) < 4.78 is 45.7. The van der Waals surface area contributed by atoms with E-state index < -0.39 is 29.2 Å². The van der Waals surface area contributed by atoms with Crippen molar-refractivity contribution < 1.29 is 22.5 Å². The minimum atomic E-state index is -4.66. The molecule has 0 bridgehead atoms. The molecule has 13 nitrogen and oxygen atoms in total. The Balaban J connectivity index is 1.25. The highest BCUT2D eigenvalue weighted by atomic mass is 19.4. The van der Waals surface area contributed by atoms with Gasteiger partial charge >= 0.3 is 11.9 Å². The number of hydrogen-bond donors (Lipinski definition) is 1. The highest BCUT2D eigenvalue weighted by Gasteiger charge is 2.34. The van der Waals surface area contributed by atoms with E-state index >= 15 is 0 Å². The summed E-state index contributed by atoms with van der Waals surface area (Å²) in [5, 5.41) is 6.43. The van der Waals surface area contributed by atoms with Gasteiger partial charge in [0.05, 0.1) is 11.3 Å². The lowest BCUT2D eigenvalue weighted by Gasteiger charge is -2.16. The van der Waals surface area contributed by atoms with Crippen LogP contribution in [0.25, 0.3) is 11.3 Å². The van der Waals surface area contributed by atoms with Crippen molar-refractivity contribution in [3.05, 3.63) is 74.5 Å². The fourth-order valence-corrected chi connectivity index (χ4v) is 4.72. The van der Waals surface area contributed by atoms with Crippen molar-refractivity contribution in [3.8, 4) is 11.3 Å². The molecular weight excluding hydrogens is 571 g/mol. The van der Waals surface area contributed by atoms with E-state index in [1.54, 1.807) is 38.3 Å². The van der Waals surface area contributed by atoms with E-state index in [1.807, 2.05) is 0 Å². The fraction of sp³-hybridized carbons (Fsp3) is 0.370. The predicted octanol–water partition coefficient (Wildman–Crippen LogP) is 3.09. The van der Waals surface area contributed by atoms with E-state index in [0.717, 1.165) is 17.0 Å². The Bertz CT molecular complexity index is 1810. The smallest absolute Gasteiger partial charge is 0.337 e. The third-order valence-corrected chi connectivity index (χ3v) is 6.95. The van der Waals surface area contributed by atoms with Gasteiger partial charge in [-0.2, -0.15) is 18.2 Å². The van der Waals surface area contributed by atoms with Gasteiger partial charge in [-0.1, -0.05) is 18.1 Å². The Morgan fingerprint density at radius 3 is 2.60 bits per heavy atom. The van der Waals surface area contributed by atoms with E-state index in [1.165, 1.54) is 11.6 Å². The first-order valence-corrected chi connectivity index (χ1v) is 13.2. The van der Waals surface area contributed by atoms with Gasteiger partial charge in [-0.3, -0.25) is 18.7 Å². The van der Waals surface area contributed by atoms with E-state index in [9.17, 15) is 27.6 Å². The van der Waals surface area contributed by atoms with Crippen molar-refractivity contribution in [2.45, 2.75) is 45.8 Å². The molecule has 4 aromatic heterocycles. The maximum atomic E-state index is 13.2. The lowest BCUT2D eigenvalue weighted by Crippen LogP contribution is -2.41. The Kier molecular flexibility index (Phi) is 8.02. The van der Waals surface area contributed by atoms with Crippen molar-refractivity contribution in [1.82, 2.24) is 34.2 Å². The molecule has 0 saturated carbocycles. The van der Waals surface area contributed by atoms with Gasteiger partial charge in [0, 0.05) is 37.1 Å². The Labute approximate surface area is 241 Å². The van der Waals surface area contributed by atoms with Gasteiger partial charge in [0.25, 0.3) is 5.56 Å². The molecule has 1 aliphatic rings. The molecule has 0 fully saturated rings. The summed E-state index contributed by atoms with van der Waals surface area (Å²) in [6.07, 6.45) is 0.293. The Morgan fingerprint density at radius 1 is 1.19 bits per heavy atom. The van der Waals surface area contributed by atoms with E-state index in [0.29, 0.717) is 36.3 Å². The highest BCUT2D eigenvalue weighted by Crippen LogP contribution is 2.28. The van der Waals surface area contributed by atoms with E-state index in [4.69, 9.17) is 4.52 Å². The molecule has 0 radical (unpaired) electrons. The second kappa shape index (κ2) is 11.7. The number of fused-ring (bicyclic) bond motifs is 1. The van der Waals surface area contributed by atoms with Gasteiger partial charge in [-0.05, 0) is 44.2 Å². The number of carbonyl (C=O) groups excluding carboxylic acids is 1. The van der Waals surface area contributed by atoms with Crippen LogP contribution in [0.2, 0.25) is 0 Å². The van der Waals surface area contributed by atoms with E-state index in [2.05, 4.69) is 35.4 Å². The zero-order valence-electron chi connectivity index (χ0n) is 23.3. The van der Waals surface area contributed by atoms with Crippen molar-refractivity contribution in [3.63, 3.8) is 0 Å². The van der Waals surface area contributed by atoms with Gasteiger partial charge < -0.3 is 9.84 Å². The molecule has 0 saturated heterocycles. The van der Waals surface area contributed by atoms with Crippen LogP contribution in [-0.4, -0.2) is 46.3 Å².